The zero-order valence-corrected chi connectivity index (χ0v) is 16.0. The Morgan fingerprint density at radius 3 is 2.72 bits per heavy atom. The number of benzene rings is 1. The van der Waals surface area contributed by atoms with Gasteiger partial charge in [-0.15, -0.1) is 24.8 Å². The third-order valence-corrected chi connectivity index (χ3v) is 4.96. The van der Waals surface area contributed by atoms with Crippen LogP contribution in [0.2, 0.25) is 0 Å². The lowest BCUT2D eigenvalue weighted by atomic mass is 10.0. The first-order chi connectivity index (χ1) is 11.2. The van der Waals surface area contributed by atoms with Gasteiger partial charge in [0.1, 0.15) is 11.9 Å². The fourth-order valence-electron chi connectivity index (χ4n) is 3.60. The average molecular weight is 386 g/mol. The Bertz CT molecular complexity index is 786. The van der Waals surface area contributed by atoms with E-state index in [-0.39, 0.29) is 36.5 Å². The van der Waals surface area contributed by atoms with Gasteiger partial charge in [0.25, 0.3) is 5.56 Å². The highest BCUT2D eigenvalue weighted by Gasteiger charge is 2.20. The number of piperidine rings is 1. The van der Waals surface area contributed by atoms with Gasteiger partial charge in [-0.2, -0.15) is 0 Å². The largest absolute Gasteiger partial charge is 0.490 e. The highest BCUT2D eigenvalue weighted by atomic mass is 35.5. The van der Waals surface area contributed by atoms with Crippen molar-refractivity contribution in [3.05, 3.63) is 34.1 Å². The molecule has 1 saturated heterocycles. The van der Waals surface area contributed by atoms with Gasteiger partial charge in [0.15, 0.2) is 0 Å². The molecule has 2 aromatic rings. The molecule has 0 saturated carbocycles. The van der Waals surface area contributed by atoms with Crippen molar-refractivity contribution in [2.75, 3.05) is 32.0 Å². The lowest BCUT2D eigenvalue weighted by Gasteiger charge is -2.29. The molecule has 0 spiro atoms. The highest BCUT2D eigenvalue weighted by molar-refractivity contribution is 5.94. The number of aromatic nitrogens is 1. The monoisotopic (exact) mass is 385 g/mol. The maximum Gasteiger partial charge on any atom is 0.253 e. The molecule has 1 aromatic carbocycles. The second kappa shape index (κ2) is 8.30. The lowest BCUT2D eigenvalue weighted by molar-refractivity contribution is 0.114. The third kappa shape index (κ3) is 4.05. The summed E-state index contributed by atoms with van der Waals surface area (Å²) >= 11 is 0. The molecule has 0 unspecified atom stereocenters. The molecule has 0 bridgehead atoms. The molecule has 7 heteroatoms. The van der Waals surface area contributed by atoms with Gasteiger partial charge in [0.2, 0.25) is 0 Å². The van der Waals surface area contributed by atoms with Crippen molar-refractivity contribution < 1.29 is 4.74 Å². The molecular formula is C18H25Cl2N3O2. The number of hydrogen-bond acceptors (Lipinski definition) is 4. The number of fused-ring (bicyclic) bond motifs is 3. The first-order valence-corrected chi connectivity index (χ1v) is 8.49. The van der Waals surface area contributed by atoms with E-state index in [2.05, 4.69) is 28.3 Å². The quantitative estimate of drug-likeness (QED) is 0.832. The summed E-state index contributed by atoms with van der Waals surface area (Å²) in [6.07, 6.45) is 4.27. The first-order valence-electron chi connectivity index (χ1n) is 8.49. The van der Waals surface area contributed by atoms with Crippen molar-refractivity contribution in [2.45, 2.75) is 31.8 Å². The Hall–Kier alpha value is -1.43. The number of hydrogen-bond donors (Lipinski definition) is 2. The standard InChI is InChI=1S/C18H23N3O2.2ClH/c1-21-9-6-12(7-10-21)23-13-4-5-16-15(11-13)17-14(18(22)20-16)3-2-8-19-17;;/h4-5,11-12,19H,2-3,6-10H2,1H3,(H,20,22);2*1H. The van der Waals surface area contributed by atoms with Gasteiger partial charge in [-0.05, 0) is 50.9 Å². The molecule has 1 fully saturated rings. The molecule has 1 aromatic heterocycles. The summed E-state index contributed by atoms with van der Waals surface area (Å²) in [5.74, 6) is 0.897. The highest BCUT2D eigenvalue weighted by Crippen LogP contribution is 2.31. The summed E-state index contributed by atoms with van der Waals surface area (Å²) in [6.45, 7) is 3.09. The summed E-state index contributed by atoms with van der Waals surface area (Å²) in [4.78, 5) is 17.5. The van der Waals surface area contributed by atoms with E-state index in [0.717, 1.165) is 73.2 Å². The Morgan fingerprint density at radius 1 is 1.20 bits per heavy atom. The van der Waals surface area contributed by atoms with Crippen LogP contribution in [-0.2, 0) is 6.42 Å². The van der Waals surface area contributed by atoms with Crippen molar-refractivity contribution in [2.24, 2.45) is 0 Å². The molecule has 0 amide bonds. The summed E-state index contributed by atoms with van der Waals surface area (Å²) in [7, 11) is 2.15. The number of ether oxygens (including phenoxy) is 1. The number of pyridine rings is 1. The second-order valence-electron chi connectivity index (χ2n) is 6.67. The number of likely N-dealkylation sites (tertiary alicyclic amines) is 1. The van der Waals surface area contributed by atoms with Crippen LogP contribution in [0.3, 0.4) is 0 Å². The van der Waals surface area contributed by atoms with Crippen LogP contribution >= 0.6 is 24.8 Å². The second-order valence-corrected chi connectivity index (χ2v) is 6.67. The fraction of sp³-hybridized carbons (Fsp3) is 0.500. The summed E-state index contributed by atoms with van der Waals surface area (Å²) < 4.78 is 6.19. The summed E-state index contributed by atoms with van der Waals surface area (Å²) in [5.41, 5.74) is 2.77. The predicted octanol–water partition coefficient (Wildman–Crippen LogP) is 3.20. The number of anilines is 1. The molecule has 0 aliphatic carbocycles. The minimum Gasteiger partial charge on any atom is -0.490 e. The van der Waals surface area contributed by atoms with Crippen LogP contribution in [0, 0.1) is 0 Å². The fourth-order valence-corrected chi connectivity index (χ4v) is 3.60. The van der Waals surface area contributed by atoms with E-state index in [4.69, 9.17) is 4.74 Å². The average Bonchev–Trinajstić information content (AvgIpc) is 2.58. The zero-order valence-electron chi connectivity index (χ0n) is 14.3. The van der Waals surface area contributed by atoms with E-state index >= 15 is 0 Å². The summed E-state index contributed by atoms with van der Waals surface area (Å²) in [5, 5.41) is 4.46. The number of H-pyrrole nitrogens is 1. The Balaban J connectivity index is 0.00000113. The van der Waals surface area contributed by atoms with Crippen LogP contribution in [0.1, 0.15) is 24.8 Å². The lowest BCUT2D eigenvalue weighted by Crippen LogP contribution is -2.35. The van der Waals surface area contributed by atoms with Gasteiger partial charge < -0.3 is 19.9 Å². The Labute approximate surface area is 159 Å². The maximum absolute atomic E-state index is 12.2. The predicted molar refractivity (Wildman–Crippen MR) is 107 cm³/mol. The number of rotatable bonds is 2. The van der Waals surface area contributed by atoms with Crippen LogP contribution in [0.15, 0.2) is 23.0 Å². The number of nitrogens with one attached hydrogen (secondary N) is 2. The molecule has 2 aliphatic rings. The number of nitrogens with zero attached hydrogens (tertiary/aromatic N) is 1. The van der Waals surface area contributed by atoms with Gasteiger partial charge in [-0.25, -0.2) is 0 Å². The minimum atomic E-state index is 0. The van der Waals surface area contributed by atoms with E-state index in [9.17, 15) is 4.79 Å². The Kier molecular flexibility index (Phi) is 6.60. The van der Waals surface area contributed by atoms with E-state index in [0.29, 0.717) is 0 Å². The first kappa shape index (κ1) is 19.9. The molecular weight excluding hydrogens is 361 g/mol. The van der Waals surface area contributed by atoms with Crippen LogP contribution in [0.4, 0.5) is 5.69 Å². The van der Waals surface area contributed by atoms with E-state index in [1.165, 1.54) is 0 Å². The molecule has 0 atom stereocenters. The molecule has 0 radical (unpaired) electrons. The summed E-state index contributed by atoms with van der Waals surface area (Å²) in [6, 6.07) is 5.99. The van der Waals surface area contributed by atoms with Crippen LogP contribution < -0.4 is 15.6 Å². The van der Waals surface area contributed by atoms with Gasteiger partial charge in [0, 0.05) is 30.6 Å². The van der Waals surface area contributed by atoms with Gasteiger partial charge >= 0.3 is 0 Å². The van der Waals surface area contributed by atoms with Crippen LogP contribution in [0.5, 0.6) is 5.75 Å². The number of halogens is 2. The smallest absolute Gasteiger partial charge is 0.253 e. The van der Waals surface area contributed by atoms with Gasteiger partial charge in [-0.1, -0.05) is 0 Å². The van der Waals surface area contributed by atoms with Gasteiger partial charge in [0.05, 0.1) is 11.2 Å². The van der Waals surface area contributed by atoms with Crippen molar-refractivity contribution in [3.63, 3.8) is 0 Å². The number of aromatic amines is 1. The van der Waals surface area contributed by atoms with Crippen LogP contribution in [0.25, 0.3) is 10.9 Å². The van der Waals surface area contributed by atoms with Crippen LogP contribution in [-0.4, -0.2) is 42.7 Å². The molecule has 25 heavy (non-hydrogen) atoms. The van der Waals surface area contributed by atoms with E-state index < -0.39 is 0 Å². The van der Waals surface area contributed by atoms with Gasteiger partial charge in [-0.3, -0.25) is 4.79 Å². The van der Waals surface area contributed by atoms with Crippen molar-refractivity contribution in [1.29, 1.82) is 0 Å². The normalized spacial score (nSPS) is 17.8. The minimum absolute atomic E-state index is 0. The van der Waals surface area contributed by atoms with E-state index in [1.807, 2.05) is 12.1 Å². The van der Waals surface area contributed by atoms with Crippen molar-refractivity contribution in [3.8, 4) is 5.75 Å². The van der Waals surface area contributed by atoms with Crippen molar-refractivity contribution in [1.82, 2.24) is 9.88 Å². The Morgan fingerprint density at radius 2 is 1.96 bits per heavy atom. The van der Waals surface area contributed by atoms with Crippen molar-refractivity contribution >= 4 is 41.4 Å². The molecule has 4 rings (SSSR count). The topological polar surface area (TPSA) is 57.4 Å². The molecule has 2 aliphatic heterocycles. The van der Waals surface area contributed by atoms with E-state index in [1.54, 1.807) is 0 Å². The third-order valence-electron chi connectivity index (χ3n) is 4.96. The maximum atomic E-state index is 12.2. The molecule has 138 valence electrons. The molecule has 3 heterocycles. The molecule has 2 N–H and O–H groups in total. The SMILES string of the molecule is CN1CCC(Oc2ccc3[nH]c(=O)c4c(c3c2)NCCC4)CC1.Cl.Cl. The molecule has 5 nitrogen and oxygen atoms in total. The zero-order chi connectivity index (χ0) is 15.8.